The molecular formula is C19H21F3N2O2S. The molecule has 1 aliphatic carbocycles. The van der Waals surface area contributed by atoms with Gasteiger partial charge in [-0.15, -0.1) is 11.3 Å². The molecule has 1 amide bonds. The normalized spacial score (nSPS) is 20.3. The number of carbonyl (C=O) groups is 1. The number of amides is 1. The Bertz CT molecular complexity index is 802. The lowest BCUT2D eigenvalue weighted by Gasteiger charge is -2.31. The van der Waals surface area contributed by atoms with Gasteiger partial charge in [0, 0.05) is 16.4 Å². The molecule has 1 fully saturated rings. The van der Waals surface area contributed by atoms with Crippen molar-refractivity contribution >= 4 is 22.4 Å². The number of aromatic nitrogens is 1. The van der Waals surface area contributed by atoms with Gasteiger partial charge in [0.2, 0.25) is 5.91 Å². The summed E-state index contributed by atoms with van der Waals surface area (Å²) in [5.74, 6) is -2.50. The number of carbonyl (C=O) groups excluding carboxylic acids is 1. The SMILES string of the molecule is COc1ccc(-c2nc(NC(=O)C3CCCCC3C(F)(F)F)sc2C)cc1. The third-order valence-corrected chi connectivity index (χ3v) is 5.80. The zero-order valence-electron chi connectivity index (χ0n) is 15.1. The summed E-state index contributed by atoms with van der Waals surface area (Å²) in [7, 11) is 1.58. The van der Waals surface area contributed by atoms with Crippen LogP contribution in [0.2, 0.25) is 0 Å². The van der Waals surface area contributed by atoms with Crippen LogP contribution < -0.4 is 10.1 Å². The Kier molecular flexibility index (Phi) is 5.74. The van der Waals surface area contributed by atoms with Crippen molar-refractivity contribution in [2.24, 2.45) is 11.8 Å². The quantitative estimate of drug-likeness (QED) is 0.747. The second-order valence-corrected chi connectivity index (χ2v) is 7.88. The van der Waals surface area contributed by atoms with Gasteiger partial charge in [0.1, 0.15) is 5.75 Å². The molecule has 1 heterocycles. The van der Waals surface area contributed by atoms with Crippen LogP contribution in [-0.2, 0) is 4.79 Å². The second kappa shape index (κ2) is 7.88. The first-order chi connectivity index (χ1) is 12.8. The maximum Gasteiger partial charge on any atom is 0.392 e. The Morgan fingerprint density at radius 2 is 1.89 bits per heavy atom. The van der Waals surface area contributed by atoms with Gasteiger partial charge in [-0.25, -0.2) is 4.98 Å². The van der Waals surface area contributed by atoms with Crippen molar-refractivity contribution in [3.05, 3.63) is 29.1 Å². The minimum Gasteiger partial charge on any atom is -0.497 e. The van der Waals surface area contributed by atoms with Gasteiger partial charge >= 0.3 is 6.18 Å². The number of benzene rings is 1. The Morgan fingerprint density at radius 1 is 1.22 bits per heavy atom. The maximum atomic E-state index is 13.2. The third kappa shape index (κ3) is 4.43. The average molecular weight is 398 g/mol. The molecule has 27 heavy (non-hydrogen) atoms. The van der Waals surface area contributed by atoms with E-state index in [0.29, 0.717) is 23.7 Å². The minimum absolute atomic E-state index is 0.00951. The Balaban J connectivity index is 1.76. The number of ether oxygens (including phenoxy) is 1. The van der Waals surface area contributed by atoms with Crippen LogP contribution in [0.25, 0.3) is 11.3 Å². The molecule has 146 valence electrons. The van der Waals surface area contributed by atoms with Crippen LogP contribution in [-0.4, -0.2) is 24.2 Å². The van der Waals surface area contributed by atoms with E-state index in [-0.39, 0.29) is 12.8 Å². The van der Waals surface area contributed by atoms with Crippen molar-refractivity contribution in [2.75, 3.05) is 12.4 Å². The molecule has 1 aromatic heterocycles. The molecular weight excluding hydrogens is 377 g/mol. The number of thiazole rings is 1. The number of nitrogens with zero attached hydrogens (tertiary/aromatic N) is 1. The molecule has 0 aliphatic heterocycles. The number of aryl methyl sites for hydroxylation is 1. The van der Waals surface area contributed by atoms with E-state index in [1.807, 2.05) is 31.2 Å². The molecule has 0 spiro atoms. The molecule has 2 atom stereocenters. The highest BCUT2D eigenvalue weighted by atomic mass is 32.1. The molecule has 0 bridgehead atoms. The van der Waals surface area contributed by atoms with E-state index in [0.717, 1.165) is 16.2 Å². The van der Waals surface area contributed by atoms with Gasteiger partial charge in [-0.05, 0) is 44.0 Å². The van der Waals surface area contributed by atoms with E-state index in [1.165, 1.54) is 11.3 Å². The Labute approximate surface area is 159 Å². The summed E-state index contributed by atoms with van der Waals surface area (Å²) in [6, 6.07) is 7.32. The molecule has 2 aromatic rings. The first-order valence-corrected chi connectivity index (χ1v) is 9.60. The summed E-state index contributed by atoms with van der Waals surface area (Å²) in [4.78, 5) is 17.8. The molecule has 0 radical (unpaired) electrons. The molecule has 2 unspecified atom stereocenters. The van der Waals surface area contributed by atoms with E-state index in [4.69, 9.17) is 4.74 Å². The van der Waals surface area contributed by atoms with Gasteiger partial charge in [0.25, 0.3) is 0 Å². The summed E-state index contributed by atoms with van der Waals surface area (Å²) in [6.45, 7) is 1.87. The van der Waals surface area contributed by atoms with Crippen molar-refractivity contribution in [1.82, 2.24) is 4.98 Å². The molecule has 1 saturated carbocycles. The number of anilines is 1. The van der Waals surface area contributed by atoms with Crippen molar-refractivity contribution in [1.29, 1.82) is 0 Å². The van der Waals surface area contributed by atoms with Gasteiger partial charge in [0.05, 0.1) is 18.7 Å². The van der Waals surface area contributed by atoms with Crippen LogP contribution >= 0.6 is 11.3 Å². The fourth-order valence-corrected chi connectivity index (χ4v) is 4.34. The van der Waals surface area contributed by atoms with Crippen molar-refractivity contribution < 1.29 is 22.7 Å². The standard InChI is InChI=1S/C19H21F3N2O2S/c1-11-16(12-7-9-13(26-2)10-8-12)23-18(27-11)24-17(25)14-5-3-4-6-15(14)19(20,21)22/h7-10,14-15H,3-6H2,1-2H3,(H,23,24,25). The summed E-state index contributed by atoms with van der Waals surface area (Å²) in [5.41, 5.74) is 1.56. The van der Waals surface area contributed by atoms with E-state index >= 15 is 0 Å². The summed E-state index contributed by atoms with van der Waals surface area (Å²) in [5, 5.41) is 2.94. The lowest BCUT2D eigenvalue weighted by molar-refractivity contribution is -0.197. The van der Waals surface area contributed by atoms with Gasteiger partial charge in [-0.1, -0.05) is 12.8 Å². The number of hydrogen-bond acceptors (Lipinski definition) is 4. The average Bonchev–Trinajstić information content (AvgIpc) is 3.01. The topological polar surface area (TPSA) is 51.2 Å². The smallest absolute Gasteiger partial charge is 0.392 e. The molecule has 0 saturated heterocycles. The fraction of sp³-hybridized carbons (Fsp3) is 0.474. The Morgan fingerprint density at radius 3 is 2.52 bits per heavy atom. The van der Waals surface area contributed by atoms with Gasteiger partial charge < -0.3 is 10.1 Å². The summed E-state index contributed by atoms with van der Waals surface area (Å²) >= 11 is 1.26. The van der Waals surface area contributed by atoms with Crippen LogP contribution in [0.15, 0.2) is 24.3 Å². The van der Waals surface area contributed by atoms with Crippen LogP contribution in [0.4, 0.5) is 18.3 Å². The highest BCUT2D eigenvalue weighted by molar-refractivity contribution is 7.16. The molecule has 1 aliphatic rings. The molecule has 1 N–H and O–H groups in total. The fourth-order valence-electron chi connectivity index (χ4n) is 3.50. The molecule has 8 heteroatoms. The van der Waals surface area contributed by atoms with Gasteiger partial charge in [-0.2, -0.15) is 13.2 Å². The van der Waals surface area contributed by atoms with Crippen LogP contribution in [0.3, 0.4) is 0 Å². The number of nitrogens with one attached hydrogen (secondary N) is 1. The van der Waals surface area contributed by atoms with E-state index in [1.54, 1.807) is 7.11 Å². The zero-order valence-corrected chi connectivity index (χ0v) is 15.9. The predicted octanol–water partition coefficient (Wildman–Crippen LogP) is 5.43. The van der Waals surface area contributed by atoms with E-state index in [2.05, 4.69) is 10.3 Å². The van der Waals surface area contributed by atoms with Crippen molar-refractivity contribution in [3.8, 4) is 17.0 Å². The summed E-state index contributed by atoms with van der Waals surface area (Å²) in [6.07, 6.45) is -2.94. The lowest BCUT2D eigenvalue weighted by Crippen LogP contribution is -2.39. The minimum atomic E-state index is -4.35. The monoisotopic (exact) mass is 398 g/mol. The number of halogens is 3. The third-order valence-electron chi connectivity index (χ3n) is 4.91. The number of rotatable bonds is 4. The van der Waals surface area contributed by atoms with Crippen LogP contribution in [0.5, 0.6) is 5.75 Å². The molecule has 3 rings (SSSR count). The summed E-state index contributed by atoms with van der Waals surface area (Å²) < 4.78 is 44.8. The van der Waals surface area contributed by atoms with Crippen LogP contribution in [0, 0.1) is 18.8 Å². The molecule has 1 aromatic carbocycles. The highest BCUT2D eigenvalue weighted by Gasteiger charge is 2.48. The van der Waals surface area contributed by atoms with Crippen molar-refractivity contribution in [2.45, 2.75) is 38.8 Å². The van der Waals surface area contributed by atoms with Gasteiger partial charge in [-0.3, -0.25) is 4.79 Å². The largest absolute Gasteiger partial charge is 0.497 e. The first-order valence-electron chi connectivity index (χ1n) is 8.79. The molecule has 4 nitrogen and oxygen atoms in total. The zero-order chi connectivity index (χ0) is 19.6. The second-order valence-electron chi connectivity index (χ2n) is 6.68. The highest BCUT2D eigenvalue weighted by Crippen LogP contribution is 2.42. The van der Waals surface area contributed by atoms with E-state index in [9.17, 15) is 18.0 Å². The number of methoxy groups -OCH3 is 1. The van der Waals surface area contributed by atoms with Crippen molar-refractivity contribution in [3.63, 3.8) is 0 Å². The lowest BCUT2D eigenvalue weighted by atomic mass is 9.78. The Hall–Kier alpha value is -2.09. The first kappa shape index (κ1) is 19.7. The predicted molar refractivity (Wildman–Crippen MR) is 99.0 cm³/mol. The number of hydrogen-bond donors (Lipinski definition) is 1. The van der Waals surface area contributed by atoms with Crippen LogP contribution in [0.1, 0.15) is 30.6 Å². The van der Waals surface area contributed by atoms with Gasteiger partial charge in [0.15, 0.2) is 5.13 Å². The van der Waals surface area contributed by atoms with E-state index < -0.39 is 23.9 Å². The maximum absolute atomic E-state index is 13.2. The number of alkyl halides is 3.